The van der Waals surface area contributed by atoms with Gasteiger partial charge in [0.2, 0.25) is 0 Å². The summed E-state index contributed by atoms with van der Waals surface area (Å²) in [5, 5.41) is 0. The smallest absolute Gasteiger partial charge is 0.340 e. The molecule has 0 saturated heterocycles. The summed E-state index contributed by atoms with van der Waals surface area (Å²) >= 11 is 0. The molecule has 4 nitrogen and oxygen atoms in total. The average Bonchev–Trinajstić information content (AvgIpc) is 3.19. The fourth-order valence-corrected chi connectivity index (χ4v) is 2.13. The van der Waals surface area contributed by atoms with E-state index in [-0.39, 0.29) is 5.97 Å². The van der Waals surface area contributed by atoms with Crippen LogP contribution >= 0.6 is 0 Å². The van der Waals surface area contributed by atoms with E-state index in [1.54, 1.807) is 6.07 Å². The standard InChI is InChI=1S/C14H20N2O2/c1-3-16(9-10-7-8-10)12-6-4-5-11(13(12)15)14(17)18-2/h4-6,10H,3,7-9,15H2,1-2H3. The topological polar surface area (TPSA) is 55.6 Å². The maximum Gasteiger partial charge on any atom is 0.340 e. The molecular formula is C14H20N2O2. The zero-order chi connectivity index (χ0) is 13.1. The number of nitrogens with two attached hydrogens (primary N) is 1. The maximum absolute atomic E-state index is 11.6. The van der Waals surface area contributed by atoms with Crippen molar-refractivity contribution in [3.63, 3.8) is 0 Å². The second kappa shape index (κ2) is 5.29. The first kappa shape index (κ1) is 12.7. The van der Waals surface area contributed by atoms with Crippen molar-refractivity contribution in [2.24, 2.45) is 5.92 Å². The van der Waals surface area contributed by atoms with Gasteiger partial charge in [0, 0.05) is 13.1 Å². The Morgan fingerprint density at radius 2 is 2.22 bits per heavy atom. The van der Waals surface area contributed by atoms with Crippen LogP contribution in [-0.2, 0) is 4.74 Å². The van der Waals surface area contributed by atoms with Crippen molar-refractivity contribution in [2.45, 2.75) is 19.8 Å². The van der Waals surface area contributed by atoms with Gasteiger partial charge in [-0.3, -0.25) is 0 Å². The average molecular weight is 248 g/mol. The Morgan fingerprint density at radius 3 is 2.78 bits per heavy atom. The van der Waals surface area contributed by atoms with Gasteiger partial charge < -0.3 is 15.4 Å². The third-order valence-electron chi connectivity index (χ3n) is 3.39. The lowest BCUT2D eigenvalue weighted by Crippen LogP contribution is -2.26. The number of carbonyl (C=O) groups is 1. The van der Waals surface area contributed by atoms with Crippen molar-refractivity contribution < 1.29 is 9.53 Å². The van der Waals surface area contributed by atoms with E-state index in [2.05, 4.69) is 11.8 Å². The molecule has 0 aliphatic heterocycles. The Balaban J connectivity index is 2.27. The third-order valence-corrected chi connectivity index (χ3v) is 3.39. The van der Waals surface area contributed by atoms with Gasteiger partial charge in [0.25, 0.3) is 0 Å². The van der Waals surface area contributed by atoms with Crippen LogP contribution in [0.25, 0.3) is 0 Å². The molecule has 2 rings (SSSR count). The molecule has 0 radical (unpaired) electrons. The molecule has 0 unspecified atom stereocenters. The first-order valence-corrected chi connectivity index (χ1v) is 6.39. The highest BCUT2D eigenvalue weighted by Gasteiger charge is 2.25. The maximum atomic E-state index is 11.6. The predicted octanol–water partition coefficient (Wildman–Crippen LogP) is 2.29. The van der Waals surface area contributed by atoms with Crippen molar-refractivity contribution in [1.29, 1.82) is 0 Å². The van der Waals surface area contributed by atoms with Crippen LogP contribution in [0.1, 0.15) is 30.1 Å². The molecule has 0 aromatic heterocycles. The Bertz CT molecular complexity index is 441. The zero-order valence-electron chi connectivity index (χ0n) is 11.0. The second-order valence-corrected chi connectivity index (χ2v) is 4.71. The number of nitrogens with zero attached hydrogens (tertiary/aromatic N) is 1. The lowest BCUT2D eigenvalue weighted by Gasteiger charge is -2.25. The lowest BCUT2D eigenvalue weighted by molar-refractivity contribution is 0.0602. The highest BCUT2D eigenvalue weighted by Crippen LogP contribution is 2.34. The van der Waals surface area contributed by atoms with E-state index >= 15 is 0 Å². The van der Waals surface area contributed by atoms with E-state index in [0.717, 1.165) is 24.7 Å². The summed E-state index contributed by atoms with van der Waals surface area (Å²) in [5.41, 5.74) is 8.00. The number of methoxy groups -OCH3 is 1. The minimum Gasteiger partial charge on any atom is -0.465 e. The van der Waals surface area contributed by atoms with Crippen molar-refractivity contribution in [1.82, 2.24) is 0 Å². The minimum absolute atomic E-state index is 0.378. The van der Waals surface area contributed by atoms with Crippen molar-refractivity contribution >= 4 is 17.3 Å². The van der Waals surface area contributed by atoms with Gasteiger partial charge in [-0.05, 0) is 37.8 Å². The normalized spacial score (nSPS) is 14.3. The van der Waals surface area contributed by atoms with Gasteiger partial charge in [-0.25, -0.2) is 4.79 Å². The molecule has 18 heavy (non-hydrogen) atoms. The Kier molecular flexibility index (Phi) is 3.75. The van der Waals surface area contributed by atoms with Gasteiger partial charge in [-0.2, -0.15) is 0 Å². The summed E-state index contributed by atoms with van der Waals surface area (Å²) in [6, 6.07) is 5.52. The summed E-state index contributed by atoms with van der Waals surface area (Å²) in [6.07, 6.45) is 2.60. The summed E-state index contributed by atoms with van der Waals surface area (Å²) in [4.78, 5) is 13.8. The van der Waals surface area contributed by atoms with E-state index in [1.165, 1.54) is 20.0 Å². The van der Waals surface area contributed by atoms with Crippen LogP contribution < -0.4 is 10.6 Å². The summed E-state index contributed by atoms with van der Waals surface area (Å²) < 4.78 is 4.74. The van der Waals surface area contributed by atoms with Crippen LogP contribution in [0, 0.1) is 5.92 Å². The van der Waals surface area contributed by atoms with Crippen molar-refractivity contribution in [3.8, 4) is 0 Å². The molecule has 0 atom stereocenters. The molecular weight excluding hydrogens is 228 g/mol. The Morgan fingerprint density at radius 1 is 1.50 bits per heavy atom. The minimum atomic E-state index is -0.378. The number of esters is 1. The molecule has 98 valence electrons. The van der Waals surface area contributed by atoms with Gasteiger partial charge in [-0.1, -0.05) is 6.07 Å². The van der Waals surface area contributed by atoms with Crippen LogP contribution in [-0.4, -0.2) is 26.2 Å². The van der Waals surface area contributed by atoms with Crippen LogP contribution in [0.2, 0.25) is 0 Å². The molecule has 2 N–H and O–H groups in total. The number of nitrogen functional groups attached to an aromatic ring is 1. The van der Waals surface area contributed by atoms with Gasteiger partial charge in [0.05, 0.1) is 24.0 Å². The molecule has 1 fully saturated rings. The largest absolute Gasteiger partial charge is 0.465 e. The highest BCUT2D eigenvalue weighted by atomic mass is 16.5. The third kappa shape index (κ3) is 2.58. The van der Waals surface area contributed by atoms with E-state index in [4.69, 9.17) is 10.5 Å². The Labute approximate surface area is 108 Å². The molecule has 1 saturated carbocycles. The van der Waals surface area contributed by atoms with Crippen LogP contribution in [0.4, 0.5) is 11.4 Å². The first-order valence-electron chi connectivity index (χ1n) is 6.39. The van der Waals surface area contributed by atoms with Gasteiger partial charge >= 0.3 is 5.97 Å². The van der Waals surface area contributed by atoms with Crippen molar-refractivity contribution in [3.05, 3.63) is 23.8 Å². The monoisotopic (exact) mass is 248 g/mol. The molecule has 1 aromatic rings. The molecule has 4 heteroatoms. The molecule has 0 bridgehead atoms. The van der Waals surface area contributed by atoms with Gasteiger partial charge in [0.1, 0.15) is 0 Å². The predicted molar refractivity (Wildman–Crippen MR) is 72.8 cm³/mol. The van der Waals surface area contributed by atoms with E-state index in [9.17, 15) is 4.79 Å². The van der Waals surface area contributed by atoms with E-state index < -0.39 is 0 Å². The number of para-hydroxylation sites is 1. The molecule has 1 aromatic carbocycles. The number of benzene rings is 1. The molecule has 1 aliphatic carbocycles. The number of hydrogen-bond donors (Lipinski definition) is 1. The SMILES string of the molecule is CCN(CC1CC1)c1cccc(C(=O)OC)c1N. The van der Waals surface area contributed by atoms with Crippen LogP contribution in [0.3, 0.4) is 0 Å². The molecule has 0 heterocycles. The number of hydrogen-bond acceptors (Lipinski definition) is 4. The Hall–Kier alpha value is -1.71. The quantitative estimate of drug-likeness (QED) is 0.641. The number of anilines is 2. The molecule has 1 aliphatic rings. The van der Waals surface area contributed by atoms with E-state index in [1.807, 2.05) is 12.1 Å². The highest BCUT2D eigenvalue weighted by molar-refractivity contribution is 5.98. The lowest BCUT2D eigenvalue weighted by atomic mass is 10.1. The first-order chi connectivity index (χ1) is 8.67. The molecule has 0 spiro atoms. The summed E-state index contributed by atoms with van der Waals surface area (Å²) in [5.74, 6) is 0.406. The number of rotatable bonds is 5. The second-order valence-electron chi connectivity index (χ2n) is 4.71. The fourth-order valence-electron chi connectivity index (χ4n) is 2.13. The molecule has 0 amide bonds. The summed E-state index contributed by atoms with van der Waals surface area (Å²) in [7, 11) is 1.37. The van der Waals surface area contributed by atoms with Gasteiger partial charge in [0.15, 0.2) is 0 Å². The van der Waals surface area contributed by atoms with Crippen LogP contribution in [0.5, 0.6) is 0 Å². The van der Waals surface area contributed by atoms with Crippen LogP contribution in [0.15, 0.2) is 18.2 Å². The number of ether oxygens (including phenoxy) is 1. The van der Waals surface area contributed by atoms with Crippen molar-refractivity contribution in [2.75, 3.05) is 30.8 Å². The van der Waals surface area contributed by atoms with E-state index in [0.29, 0.717) is 11.3 Å². The number of carbonyl (C=O) groups excluding carboxylic acids is 1. The fraction of sp³-hybridized carbons (Fsp3) is 0.500. The zero-order valence-corrected chi connectivity index (χ0v) is 11.0. The van der Waals surface area contributed by atoms with Gasteiger partial charge in [-0.15, -0.1) is 0 Å². The summed E-state index contributed by atoms with van der Waals surface area (Å²) in [6.45, 7) is 4.02.